The van der Waals surface area contributed by atoms with Crippen LogP contribution in [0.5, 0.6) is 0 Å². The monoisotopic (exact) mass is 379 g/mol. The zero-order chi connectivity index (χ0) is 19.3. The summed E-state index contributed by atoms with van der Waals surface area (Å²) >= 11 is 5.88. The number of nitrogens with two attached hydrogens (primary N) is 1. The fraction of sp³-hybridized carbons (Fsp3) is 0.600. The van der Waals surface area contributed by atoms with E-state index in [0.29, 0.717) is 41.9 Å². The van der Waals surface area contributed by atoms with Crippen molar-refractivity contribution >= 4 is 23.4 Å². The Morgan fingerprint density at radius 3 is 2.27 bits per heavy atom. The third-order valence-electron chi connectivity index (χ3n) is 5.01. The molecule has 0 spiro atoms. The van der Waals surface area contributed by atoms with Crippen molar-refractivity contribution in [1.82, 2.24) is 10.2 Å². The molecular weight excluding hydrogens is 350 g/mol. The number of rotatable bonds is 6. The predicted molar refractivity (Wildman–Crippen MR) is 105 cm³/mol. The SMILES string of the molecule is CC(C)CC(NC(=O)c1ccc(Cl)cc1)C(=O)N1CCC(C(C)N)CC1. The van der Waals surface area contributed by atoms with Gasteiger partial charge in [0.1, 0.15) is 6.04 Å². The van der Waals surface area contributed by atoms with E-state index >= 15 is 0 Å². The van der Waals surface area contributed by atoms with E-state index in [1.54, 1.807) is 24.3 Å². The highest BCUT2D eigenvalue weighted by molar-refractivity contribution is 6.30. The molecule has 26 heavy (non-hydrogen) atoms. The van der Waals surface area contributed by atoms with Crippen LogP contribution in [0.25, 0.3) is 0 Å². The Kier molecular flexibility index (Phi) is 7.47. The highest BCUT2D eigenvalue weighted by atomic mass is 35.5. The van der Waals surface area contributed by atoms with Gasteiger partial charge in [0.05, 0.1) is 0 Å². The Morgan fingerprint density at radius 2 is 1.77 bits per heavy atom. The number of carbonyl (C=O) groups excluding carboxylic acids is 2. The number of nitrogens with one attached hydrogen (secondary N) is 1. The van der Waals surface area contributed by atoms with Crippen LogP contribution in [0.2, 0.25) is 5.02 Å². The molecule has 0 aliphatic carbocycles. The summed E-state index contributed by atoms with van der Waals surface area (Å²) in [5.74, 6) is 0.526. The van der Waals surface area contributed by atoms with Gasteiger partial charge in [-0.1, -0.05) is 25.4 Å². The number of benzene rings is 1. The zero-order valence-electron chi connectivity index (χ0n) is 15.9. The molecule has 1 heterocycles. The van der Waals surface area contributed by atoms with Gasteiger partial charge in [0.2, 0.25) is 5.91 Å². The van der Waals surface area contributed by atoms with Gasteiger partial charge < -0.3 is 16.0 Å². The summed E-state index contributed by atoms with van der Waals surface area (Å²) in [7, 11) is 0. The van der Waals surface area contributed by atoms with E-state index in [9.17, 15) is 9.59 Å². The minimum atomic E-state index is -0.509. The van der Waals surface area contributed by atoms with Crippen molar-refractivity contribution < 1.29 is 9.59 Å². The molecule has 0 saturated carbocycles. The minimum Gasteiger partial charge on any atom is -0.341 e. The molecule has 1 aromatic rings. The Morgan fingerprint density at radius 1 is 1.19 bits per heavy atom. The molecule has 0 radical (unpaired) electrons. The predicted octanol–water partition coefficient (Wildman–Crippen LogP) is 3.07. The molecule has 6 heteroatoms. The Bertz CT molecular complexity index is 608. The summed E-state index contributed by atoms with van der Waals surface area (Å²) in [6, 6.07) is 6.34. The van der Waals surface area contributed by atoms with Crippen molar-refractivity contribution in [3.05, 3.63) is 34.9 Å². The van der Waals surface area contributed by atoms with E-state index in [2.05, 4.69) is 19.2 Å². The summed E-state index contributed by atoms with van der Waals surface area (Å²) < 4.78 is 0. The maximum Gasteiger partial charge on any atom is 0.251 e. The van der Waals surface area contributed by atoms with Gasteiger partial charge in [-0.3, -0.25) is 9.59 Å². The number of carbonyl (C=O) groups is 2. The van der Waals surface area contributed by atoms with E-state index in [1.165, 1.54) is 0 Å². The van der Waals surface area contributed by atoms with Gasteiger partial charge in [0, 0.05) is 29.7 Å². The lowest BCUT2D eigenvalue weighted by atomic mass is 9.90. The van der Waals surface area contributed by atoms with Gasteiger partial charge >= 0.3 is 0 Å². The molecule has 0 bridgehead atoms. The maximum absolute atomic E-state index is 13.0. The first-order valence-corrected chi connectivity index (χ1v) is 9.76. The van der Waals surface area contributed by atoms with E-state index in [-0.39, 0.29) is 17.9 Å². The Balaban J connectivity index is 2.03. The Labute approximate surface area is 161 Å². The lowest BCUT2D eigenvalue weighted by Gasteiger charge is -2.36. The van der Waals surface area contributed by atoms with Crippen molar-refractivity contribution in [2.24, 2.45) is 17.6 Å². The number of nitrogens with zero attached hydrogens (tertiary/aromatic N) is 1. The van der Waals surface area contributed by atoms with Crippen LogP contribution in [-0.2, 0) is 4.79 Å². The number of piperidine rings is 1. The quantitative estimate of drug-likeness (QED) is 0.797. The lowest BCUT2D eigenvalue weighted by molar-refractivity contribution is -0.135. The van der Waals surface area contributed by atoms with Gasteiger partial charge in [-0.25, -0.2) is 0 Å². The zero-order valence-corrected chi connectivity index (χ0v) is 16.6. The molecule has 2 unspecified atom stereocenters. The van der Waals surface area contributed by atoms with Crippen molar-refractivity contribution in [3.8, 4) is 0 Å². The summed E-state index contributed by atoms with van der Waals surface area (Å²) in [5.41, 5.74) is 6.49. The number of hydrogen-bond acceptors (Lipinski definition) is 3. The third kappa shape index (κ3) is 5.71. The number of halogens is 1. The smallest absolute Gasteiger partial charge is 0.251 e. The number of likely N-dealkylation sites (tertiary alicyclic amines) is 1. The molecule has 1 aliphatic rings. The molecule has 3 N–H and O–H groups in total. The average Bonchev–Trinajstić information content (AvgIpc) is 2.60. The topological polar surface area (TPSA) is 75.4 Å². The fourth-order valence-electron chi connectivity index (χ4n) is 3.40. The van der Waals surface area contributed by atoms with Gasteiger partial charge in [-0.15, -0.1) is 0 Å². The molecule has 2 rings (SSSR count). The second kappa shape index (κ2) is 9.38. The average molecular weight is 380 g/mol. The van der Waals surface area contributed by atoms with Crippen molar-refractivity contribution in [3.63, 3.8) is 0 Å². The van der Waals surface area contributed by atoms with Crippen LogP contribution in [0.4, 0.5) is 0 Å². The number of amides is 2. The minimum absolute atomic E-state index is 0.00383. The molecule has 1 saturated heterocycles. The third-order valence-corrected chi connectivity index (χ3v) is 5.26. The van der Waals surface area contributed by atoms with Crippen LogP contribution in [0, 0.1) is 11.8 Å². The maximum atomic E-state index is 13.0. The van der Waals surface area contributed by atoms with Crippen LogP contribution >= 0.6 is 11.6 Å². The first-order chi connectivity index (χ1) is 12.3. The summed E-state index contributed by atoms with van der Waals surface area (Å²) in [4.78, 5) is 27.4. The van der Waals surface area contributed by atoms with E-state index in [1.807, 2.05) is 11.8 Å². The standard InChI is InChI=1S/C20H30ClN3O2/c1-13(2)12-18(23-19(25)16-4-6-17(21)7-5-16)20(26)24-10-8-15(9-11-24)14(3)22/h4-7,13-15,18H,8-12,22H2,1-3H3,(H,23,25). The first-order valence-electron chi connectivity index (χ1n) is 9.38. The van der Waals surface area contributed by atoms with Gasteiger partial charge in [0.25, 0.3) is 5.91 Å². The first kappa shape index (κ1) is 20.7. The summed E-state index contributed by atoms with van der Waals surface area (Å²) in [6.45, 7) is 7.54. The summed E-state index contributed by atoms with van der Waals surface area (Å²) in [5, 5.41) is 3.49. The van der Waals surface area contributed by atoms with Gasteiger partial charge in [-0.2, -0.15) is 0 Å². The Hall–Kier alpha value is -1.59. The fourth-order valence-corrected chi connectivity index (χ4v) is 3.53. The molecule has 2 amide bonds. The van der Waals surface area contributed by atoms with Crippen LogP contribution in [-0.4, -0.2) is 41.9 Å². The van der Waals surface area contributed by atoms with E-state index in [0.717, 1.165) is 12.8 Å². The molecule has 1 aromatic carbocycles. The molecule has 144 valence electrons. The van der Waals surface area contributed by atoms with E-state index < -0.39 is 6.04 Å². The lowest BCUT2D eigenvalue weighted by Crippen LogP contribution is -2.52. The van der Waals surface area contributed by atoms with Crippen LogP contribution in [0.15, 0.2) is 24.3 Å². The second-order valence-electron chi connectivity index (χ2n) is 7.68. The van der Waals surface area contributed by atoms with Crippen molar-refractivity contribution in [2.75, 3.05) is 13.1 Å². The molecular formula is C20H30ClN3O2. The molecule has 5 nitrogen and oxygen atoms in total. The molecule has 1 aliphatic heterocycles. The largest absolute Gasteiger partial charge is 0.341 e. The van der Waals surface area contributed by atoms with Crippen molar-refractivity contribution in [1.29, 1.82) is 0 Å². The van der Waals surface area contributed by atoms with Crippen molar-refractivity contribution in [2.45, 2.75) is 52.1 Å². The highest BCUT2D eigenvalue weighted by Gasteiger charge is 2.30. The molecule has 1 fully saturated rings. The second-order valence-corrected chi connectivity index (χ2v) is 8.12. The van der Waals surface area contributed by atoms with Crippen LogP contribution in [0.1, 0.15) is 50.4 Å². The van der Waals surface area contributed by atoms with Gasteiger partial charge in [-0.05, 0) is 62.3 Å². The van der Waals surface area contributed by atoms with Gasteiger partial charge in [0.15, 0.2) is 0 Å². The normalized spacial score (nSPS) is 17.8. The molecule has 0 aromatic heterocycles. The molecule has 2 atom stereocenters. The van der Waals surface area contributed by atoms with Crippen LogP contribution in [0.3, 0.4) is 0 Å². The van der Waals surface area contributed by atoms with Crippen LogP contribution < -0.4 is 11.1 Å². The highest BCUT2D eigenvalue weighted by Crippen LogP contribution is 2.21. The van der Waals surface area contributed by atoms with E-state index in [4.69, 9.17) is 17.3 Å². The number of hydrogen-bond donors (Lipinski definition) is 2. The summed E-state index contributed by atoms with van der Waals surface area (Å²) in [6.07, 6.45) is 2.46.